The standard InChI is InChI=1S/C14H10FN3O3S2/c15-8-1-3-9(4-2-8)16-14(22)17-10-5-6-11-12(7-10)23(20,21)18-13(11)19/h1-7H,(H,18,19)(H2,16,17,22). The van der Waals surface area contributed by atoms with Gasteiger partial charge in [-0.2, -0.15) is 0 Å². The van der Waals surface area contributed by atoms with Gasteiger partial charge >= 0.3 is 0 Å². The zero-order valence-electron chi connectivity index (χ0n) is 11.5. The topological polar surface area (TPSA) is 87.3 Å². The number of anilines is 2. The van der Waals surface area contributed by atoms with E-state index >= 15 is 0 Å². The van der Waals surface area contributed by atoms with Gasteiger partial charge in [0.15, 0.2) is 5.11 Å². The molecule has 1 heterocycles. The number of nitrogens with one attached hydrogen (secondary N) is 3. The highest BCUT2D eigenvalue weighted by Crippen LogP contribution is 2.25. The Morgan fingerprint density at radius 2 is 1.65 bits per heavy atom. The maximum Gasteiger partial charge on any atom is 0.266 e. The van der Waals surface area contributed by atoms with Crippen molar-refractivity contribution in [3.8, 4) is 0 Å². The Labute approximate surface area is 136 Å². The van der Waals surface area contributed by atoms with E-state index in [9.17, 15) is 17.6 Å². The number of benzene rings is 2. The Balaban J connectivity index is 1.77. The van der Waals surface area contributed by atoms with Crippen molar-refractivity contribution in [1.29, 1.82) is 0 Å². The number of rotatable bonds is 2. The normalized spacial score (nSPS) is 14.7. The zero-order chi connectivity index (χ0) is 16.6. The number of hydrogen-bond acceptors (Lipinski definition) is 4. The van der Waals surface area contributed by atoms with Crippen LogP contribution in [0.15, 0.2) is 47.4 Å². The van der Waals surface area contributed by atoms with E-state index < -0.39 is 15.9 Å². The van der Waals surface area contributed by atoms with Gasteiger partial charge in [0.05, 0.1) is 5.56 Å². The SMILES string of the molecule is O=C1NS(=O)(=O)c2cc(NC(=S)Nc3ccc(F)cc3)ccc21. The first-order valence-corrected chi connectivity index (χ1v) is 8.29. The van der Waals surface area contributed by atoms with Gasteiger partial charge in [-0.1, -0.05) is 0 Å². The number of amides is 1. The number of hydrogen-bond donors (Lipinski definition) is 3. The molecule has 9 heteroatoms. The second kappa shape index (κ2) is 5.60. The summed E-state index contributed by atoms with van der Waals surface area (Å²) < 4.78 is 38.3. The van der Waals surface area contributed by atoms with Crippen LogP contribution in [0.3, 0.4) is 0 Å². The molecule has 0 saturated heterocycles. The van der Waals surface area contributed by atoms with Crippen LogP contribution in [0, 0.1) is 5.82 Å². The second-order valence-electron chi connectivity index (χ2n) is 4.73. The molecule has 1 amide bonds. The largest absolute Gasteiger partial charge is 0.332 e. The first-order chi connectivity index (χ1) is 10.8. The highest BCUT2D eigenvalue weighted by Gasteiger charge is 2.32. The molecule has 1 aliphatic rings. The van der Waals surface area contributed by atoms with Gasteiger partial charge in [0.1, 0.15) is 10.7 Å². The average Bonchev–Trinajstić information content (AvgIpc) is 2.71. The van der Waals surface area contributed by atoms with Crippen molar-refractivity contribution in [2.45, 2.75) is 4.90 Å². The molecule has 0 saturated carbocycles. The minimum Gasteiger partial charge on any atom is -0.332 e. The highest BCUT2D eigenvalue weighted by molar-refractivity contribution is 7.90. The number of thiocarbonyl (C=S) groups is 1. The predicted molar refractivity (Wildman–Crippen MR) is 87.3 cm³/mol. The van der Waals surface area contributed by atoms with Gasteiger partial charge in [0.25, 0.3) is 15.9 Å². The van der Waals surface area contributed by atoms with Gasteiger partial charge in [-0.05, 0) is 54.7 Å². The van der Waals surface area contributed by atoms with Crippen molar-refractivity contribution in [3.05, 3.63) is 53.8 Å². The fourth-order valence-corrected chi connectivity index (χ4v) is 3.50. The number of carbonyl (C=O) groups excluding carboxylic acids is 1. The smallest absolute Gasteiger partial charge is 0.266 e. The van der Waals surface area contributed by atoms with Crippen molar-refractivity contribution in [3.63, 3.8) is 0 Å². The molecule has 1 aliphatic heterocycles. The monoisotopic (exact) mass is 351 g/mol. The molecule has 0 fully saturated rings. The van der Waals surface area contributed by atoms with Crippen LogP contribution >= 0.6 is 12.2 Å². The van der Waals surface area contributed by atoms with Crippen LogP contribution in [0.25, 0.3) is 0 Å². The summed E-state index contributed by atoms with van der Waals surface area (Å²) in [6, 6.07) is 9.85. The van der Waals surface area contributed by atoms with E-state index in [4.69, 9.17) is 12.2 Å². The molecule has 0 atom stereocenters. The summed E-state index contributed by atoms with van der Waals surface area (Å²) in [4.78, 5) is 11.4. The third-order valence-corrected chi connectivity index (χ3v) is 4.68. The molecule has 0 aliphatic carbocycles. The van der Waals surface area contributed by atoms with Gasteiger partial charge in [-0.15, -0.1) is 0 Å². The molecule has 2 aromatic carbocycles. The molecule has 6 nitrogen and oxygen atoms in total. The lowest BCUT2D eigenvalue weighted by molar-refractivity contribution is 0.0985. The van der Waals surface area contributed by atoms with E-state index in [1.807, 2.05) is 4.72 Å². The summed E-state index contributed by atoms with van der Waals surface area (Å²) in [7, 11) is -3.82. The van der Waals surface area contributed by atoms with Crippen LogP contribution < -0.4 is 15.4 Å². The second-order valence-corrected chi connectivity index (χ2v) is 6.79. The molecule has 2 aromatic rings. The minimum atomic E-state index is -3.82. The van der Waals surface area contributed by atoms with Crippen molar-refractivity contribution < 1.29 is 17.6 Å². The molecule has 3 N–H and O–H groups in total. The Morgan fingerprint density at radius 3 is 2.35 bits per heavy atom. The van der Waals surface area contributed by atoms with Gasteiger partial charge in [0, 0.05) is 11.4 Å². The highest BCUT2D eigenvalue weighted by atomic mass is 32.2. The number of fused-ring (bicyclic) bond motifs is 1. The van der Waals surface area contributed by atoms with Crippen LogP contribution in [-0.4, -0.2) is 19.4 Å². The molecule has 0 spiro atoms. The third kappa shape index (κ3) is 3.15. The first-order valence-electron chi connectivity index (χ1n) is 6.40. The molecule has 3 rings (SSSR count). The zero-order valence-corrected chi connectivity index (χ0v) is 13.1. The molecular formula is C14H10FN3O3S2. The maximum atomic E-state index is 12.8. The molecule has 0 unspecified atom stereocenters. The molecule has 23 heavy (non-hydrogen) atoms. The van der Waals surface area contributed by atoms with Crippen LogP contribution in [0.5, 0.6) is 0 Å². The van der Waals surface area contributed by atoms with Gasteiger partial charge in [0.2, 0.25) is 0 Å². The molecule has 0 radical (unpaired) electrons. The summed E-state index contributed by atoms with van der Waals surface area (Å²) in [5.41, 5.74) is 1.07. The maximum absolute atomic E-state index is 12.8. The summed E-state index contributed by atoms with van der Waals surface area (Å²) in [5, 5.41) is 5.85. The number of sulfonamides is 1. The van der Waals surface area contributed by atoms with Crippen molar-refractivity contribution in [2.24, 2.45) is 0 Å². The fourth-order valence-electron chi connectivity index (χ4n) is 2.07. The average molecular weight is 351 g/mol. The summed E-state index contributed by atoms with van der Waals surface area (Å²) in [6.45, 7) is 0. The molecule has 0 bridgehead atoms. The Hall–Kier alpha value is -2.52. The van der Waals surface area contributed by atoms with Crippen LogP contribution in [0.2, 0.25) is 0 Å². The van der Waals surface area contributed by atoms with Gasteiger partial charge < -0.3 is 10.6 Å². The molecule has 0 aromatic heterocycles. The Kier molecular flexibility index (Phi) is 3.74. The van der Waals surface area contributed by atoms with Gasteiger partial charge in [-0.3, -0.25) is 4.79 Å². The van der Waals surface area contributed by atoms with Crippen LogP contribution in [0.4, 0.5) is 15.8 Å². The summed E-state index contributed by atoms with van der Waals surface area (Å²) >= 11 is 5.11. The third-order valence-electron chi connectivity index (χ3n) is 3.10. The quantitative estimate of drug-likeness (QED) is 0.718. The fraction of sp³-hybridized carbons (Fsp3) is 0. The lowest BCUT2D eigenvalue weighted by Gasteiger charge is -2.11. The van der Waals surface area contributed by atoms with Crippen LogP contribution in [0.1, 0.15) is 10.4 Å². The van der Waals surface area contributed by atoms with Crippen molar-refractivity contribution in [1.82, 2.24) is 4.72 Å². The number of halogens is 1. The molecular weight excluding hydrogens is 341 g/mol. The minimum absolute atomic E-state index is 0.0907. The van der Waals surface area contributed by atoms with Crippen molar-refractivity contribution in [2.75, 3.05) is 10.6 Å². The van der Waals surface area contributed by atoms with Crippen LogP contribution in [-0.2, 0) is 10.0 Å². The Morgan fingerprint density at radius 1 is 1.04 bits per heavy atom. The van der Waals surface area contributed by atoms with Crippen molar-refractivity contribution >= 4 is 44.6 Å². The first kappa shape index (κ1) is 15.4. The predicted octanol–water partition coefficient (Wildman–Crippen LogP) is 2.07. The lowest BCUT2D eigenvalue weighted by Crippen LogP contribution is -2.20. The van der Waals surface area contributed by atoms with E-state index in [0.717, 1.165) is 0 Å². The lowest BCUT2D eigenvalue weighted by atomic mass is 10.2. The van der Waals surface area contributed by atoms with E-state index in [1.54, 1.807) is 0 Å². The number of carbonyl (C=O) groups is 1. The van der Waals surface area contributed by atoms with E-state index in [2.05, 4.69) is 10.6 Å². The summed E-state index contributed by atoms with van der Waals surface area (Å²) in [5.74, 6) is -1.02. The summed E-state index contributed by atoms with van der Waals surface area (Å²) in [6.07, 6.45) is 0. The Bertz CT molecular complexity index is 911. The van der Waals surface area contributed by atoms with E-state index in [-0.39, 0.29) is 21.4 Å². The van der Waals surface area contributed by atoms with Gasteiger partial charge in [-0.25, -0.2) is 17.5 Å². The van der Waals surface area contributed by atoms with E-state index in [0.29, 0.717) is 11.4 Å². The van der Waals surface area contributed by atoms with E-state index in [1.165, 1.54) is 42.5 Å². The molecule has 118 valence electrons.